The third-order valence-electron chi connectivity index (χ3n) is 3.68. The molecule has 2 aromatic rings. The van der Waals surface area contributed by atoms with E-state index in [0.29, 0.717) is 5.75 Å². The quantitative estimate of drug-likeness (QED) is 0.603. The molecule has 0 aliphatic carbocycles. The van der Waals surface area contributed by atoms with E-state index < -0.39 is 5.91 Å². The molecule has 6 heteroatoms. The van der Waals surface area contributed by atoms with Crippen LogP contribution in [0.3, 0.4) is 0 Å². The standard InChI is InChI=1S/C20H24N2O3S/c1-13-5-7-17(8-6-13)26-12-19(24)22-21-18(23)11-25-20-15(3)9-14(2)10-16(20)4/h5-10H,11-12H2,1-4H3,(H,21,23)(H,22,24). The van der Waals surface area contributed by atoms with Crippen LogP contribution in [-0.4, -0.2) is 24.2 Å². The molecule has 0 unspecified atom stereocenters. The van der Waals surface area contributed by atoms with E-state index in [4.69, 9.17) is 4.74 Å². The maximum Gasteiger partial charge on any atom is 0.276 e. The molecule has 2 N–H and O–H groups in total. The van der Waals surface area contributed by atoms with Crippen molar-refractivity contribution in [1.29, 1.82) is 0 Å². The Balaban J connectivity index is 1.73. The minimum absolute atomic E-state index is 0.157. The van der Waals surface area contributed by atoms with Crippen molar-refractivity contribution in [3.05, 3.63) is 58.7 Å². The second-order valence-electron chi connectivity index (χ2n) is 6.21. The minimum atomic E-state index is -0.405. The minimum Gasteiger partial charge on any atom is -0.483 e. The number of thioether (sulfide) groups is 1. The maximum absolute atomic E-state index is 11.9. The number of carbonyl (C=O) groups is 2. The van der Waals surface area contributed by atoms with Crippen molar-refractivity contribution in [3.63, 3.8) is 0 Å². The summed E-state index contributed by atoms with van der Waals surface area (Å²) in [4.78, 5) is 24.7. The van der Waals surface area contributed by atoms with Crippen LogP contribution in [0.25, 0.3) is 0 Å². The molecule has 26 heavy (non-hydrogen) atoms. The lowest BCUT2D eigenvalue weighted by molar-refractivity contribution is -0.128. The highest BCUT2D eigenvalue weighted by Crippen LogP contribution is 2.24. The first-order valence-corrected chi connectivity index (χ1v) is 9.31. The Morgan fingerprint density at radius 1 is 0.885 bits per heavy atom. The van der Waals surface area contributed by atoms with Gasteiger partial charge in [0.2, 0.25) is 5.91 Å². The molecule has 0 aliphatic rings. The van der Waals surface area contributed by atoms with Crippen molar-refractivity contribution in [2.24, 2.45) is 0 Å². The molecule has 2 amide bonds. The van der Waals surface area contributed by atoms with Crippen molar-refractivity contribution < 1.29 is 14.3 Å². The molecule has 0 fully saturated rings. The SMILES string of the molecule is Cc1ccc(SCC(=O)NNC(=O)COc2c(C)cc(C)cc2C)cc1. The second-order valence-corrected chi connectivity index (χ2v) is 7.26. The zero-order valence-electron chi connectivity index (χ0n) is 15.5. The predicted molar refractivity (Wildman–Crippen MR) is 104 cm³/mol. The molecule has 0 bridgehead atoms. The van der Waals surface area contributed by atoms with Crippen LogP contribution in [0.2, 0.25) is 0 Å². The van der Waals surface area contributed by atoms with E-state index in [1.165, 1.54) is 17.3 Å². The highest BCUT2D eigenvalue weighted by atomic mass is 32.2. The van der Waals surface area contributed by atoms with Gasteiger partial charge in [0.15, 0.2) is 6.61 Å². The molecular weight excluding hydrogens is 348 g/mol. The number of ether oxygens (including phenoxy) is 1. The van der Waals surface area contributed by atoms with Gasteiger partial charge in [-0.25, -0.2) is 0 Å². The lowest BCUT2D eigenvalue weighted by atomic mass is 10.1. The topological polar surface area (TPSA) is 67.4 Å². The molecule has 2 rings (SSSR count). The number of aryl methyl sites for hydroxylation is 4. The lowest BCUT2D eigenvalue weighted by Gasteiger charge is -2.13. The van der Waals surface area contributed by atoms with E-state index in [-0.39, 0.29) is 18.3 Å². The summed E-state index contributed by atoms with van der Waals surface area (Å²) in [5.74, 6) is 0.247. The number of hydrogen-bond acceptors (Lipinski definition) is 4. The molecule has 2 aromatic carbocycles. The van der Waals surface area contributed by atoms with Gasteiger partial charge in [0, 0.05) is 4.90 Å². The number of benzene rings is 2. The molecule has 0 aromatic heterocycles. The third kappa shape index (κ3) is 6.11. The summed E-state index contributed by atoms with van der Waals surface area (Å²) >= 11 is 1.41. The first-order chi connectivity index (χ1) is 12.3. The number of carbonyl (C=O) groups excluding carboxylic acids is 2. The number of hydrogen-bond donors (Lipinski definition) is 2. The summed E-state index contributed by atoms with van der Waals surface area (Å²) in [5.41, 5.74) is 9.05. The van der Waals surface area contributed by atoms with Crippen LogP contribution < -0.4 is 15.6 Å². The van der Waals surface area contributed by atoms with Crippen LogP contribution in [0.1, 0.15) is 22.3 Å². The number of hydrazine groups is 1. The van der Waals surface area contributed by atoms with Crippen LogP contribution in [0.5, 0.6) is 5.75 Å². The summed E-state index contributed by atoms with van der Waals surface area (Å²) in [6.07, 6.45) is 0. The molecule has 0 aliphatic heterocycles. The van der Waals surface area contributed by atoms with Gasteiger partial charge in [0.25, 0.3) is 5.91 Å². The largest absolute Gasteiger partial charge is 0.483 e. The van der Waals surface area contributed by atoms with Crippen molar-refractivity contribution in [1.82, 2.24) is 10.9 Å². The van der Waals surface area contributed by atoms with Crippen LogP contribution in [0.15, 0.2) is 41.3 Å². The highest BCUT2D eigenvalue weighted by Gasteiger charge is 2.09. The maximum atomic E-state index is 11.9. The van der Waals surface area contributed by atoms with E-state index >= 15 is 0 Å². The van der Waals surface area contributed by atoms with Crippen molar-refractivity contribution in [2.45, 2.75) is 32.6 Å². The Hall–Kier alpha value is -2.47. The van der Waals surface area contributed by atoms with Gasteiger partial charge in [-0.3, -0.25) is 20.4 Å². The van der Waals surface area contributed by atoms with Gasteiger partial charge in [-0.2, -0.15) is 0 Å². The van der Waals surface area contributed by atoms with E-state index in [9.17, 15) is 9.59 Å². The van der Waals surface area contributed by atoms with Gasteiger partial charge in [0.05, 0.1) is 5.75 Å². The Morgan fingerprint density at radius 3 is 2.08 bits per heavy atom. The number of amides is 2. The predicted octanol–water partition coefficient (Wildman–Crippen LogP) is 3.24. The Bertz CT molecular complexity index is 765. The van der Waals surface area contributed by atoms with Crippen molar-refractivity contribution in [2.75, 3.05) is 12.4 Å². The van der Waals surface area contributed by atoms with E-state index in [0.717, 1.165) is 21.6 Å². The number of rotatable bonds is 6. The van der Waals surface area contributed by atoms with Gasteiger partial charge in [-0.15, -0.1) is 11.8 Å². The summed E-state index contributed by atoms with van der Waals surface area (Å²) < 4.78 is 5.59. The zero-order valence-corrected chi connectivity index (χ0v) is 16.3. The van der Waals surface area contributed by atoms with Crippen LogP contribution in [-0.2, 0) is 9.59 Å². The molecule has 0 heterocycles. The molecule has 138 valence electrons. The van der Waals surface area contributed by atoms with Crippen LogP contribution >= 0.6 is 11.8 Å². The van der Waals surface area contributed by atoms with Crippen LogP contribution in [0.4, 0.5) is 0 Å². The van der Waals surface area contributed by atoms with Crippen LogP contribution in [0, 0.1) is 27.7 Å². The Morgan fingerprint density at radius 2 is 1.46 bits per heavy atom. The molecule has 5 nitrogen and oxygen atoms in total. The normalized spacial score (nSPS) is 10.3. The summed E-state index contributed by atoms with van der Waals surface area (Å²) in [5, 5.41) is 0. The first kappa shape index (κ1) is 19.8. The van der Waals surface area contributed by atoms with Gasteiger partial charge >= 0.3 is 0 Å². The molecule has 0 atom stereocenters. The highest BCUT2D eigenvalue weighted by molar-refractivity contribution is 8.00. The fourth-order valence-electron chi connectivity index (χ4n) is 2.53. The smallest absolute Gasteiger partial charge is 0.276 e. The van der Waals surface area contributed by atoms with Gasteiger partial charge in [-0.05, 0) is 51.0 Å². The second kappa shape index (κ2) is 9.29. The van der Waals surface area contributed by atoms with Gasteiger partial charge in [0.1, 0.15) is 5.75 Å². The average Bonchev–Trinajstić information content (AvgIpc) is 2.58. The first-order valence-electron chi connectivity index (χ1n) is 8.33. The monoisotopic (exact) mass is 372 g/mol. The Kier molecular flexibility index (Phi) is 7.09. The summed E-state index contributed by atoms with van der Waals surface area (Å²) in [6.45, 7) is 7.75. The fourth-order valence-corrected chi connectivity index (χ4v) is 3.23. The average molecular weight is 372 g/mol. The molecule has 0 spiro atoms. The van der Waals surface area contributed by atoms with Crippen molar-refractivity contribution in [3.8, 4) is 5.75 Å². The lowest BCUT2D eigenvalue weighted by Crippen LogP contribution is -2.44. The molecule has 0 radical (unpaired) electrons. The van der Waals surface area contributed by atoms with Crippen molar-refractivity contribution >= 4 is 23.6 Å². The molecular formula is C20H24N2O3S. The van der Waals surface area contributed by atoms with E-state index in [2.05, 4.69) is 10.9 Å². The zero-order chi connectivity index (χ0) is 19.1. The summed E-state index contributed by atoms with van der Waals surface area (Å²) in [6, 6.07) is 11.9. The molecule has 0 saturated heterocycles. The number of nitrogens with one attached hydrogen (secondary N) is 2. The van der Waals surface area contributed by atoms with Gasteiger partial charge in [-0.1, -0.05) is 35.4 Å². The van der Waals surface area contributed by atoms with E-state index in [1.54, 1.807) is 0 Å². The summed E-state index contributed by atoms with van der Waals surface area (Å²) in [7, 11) is 0. The molecule has 0 saturated carbocycles. The fraction of sp³-hybridized carbons (Fsp3) is 0.300. The van der Waals surface area contributed by atoms with Gasteiger partial charge < -0.3 is 4.74 Å². The third-order valence-corrected chi connectivity index (χ3v) is 4.70. The Labute approximate surface area is 158 Å². The van der Waals surface area contributed by atoms with E-state index in [1.807, 2.05) is 64.1 Å².